The van der Waals surface area contributed by atoms with Crippen molar-refractivity contribution in [3.63, 3.8) is 0 Å². The Balaban J connectivity index is 1.48. The van der Waals surface area contributed by atoms with Crippen molar-refractivity contribution in [3.05, 3.63) is 82.2 Å². The number of carbonyl (C=O) groups excluding carboxylic acids is 1. The summed E-state index contributed by atoms with van der Waals surface area (Å²) in [6.45, 7) is 3.41. The van der Waals surface area contributed by atoms with Gasteiger partial charge in [0.1, 0.15) is 9.71 Å². The fourth-order valence-corrected chi connectivity index (χ4v) is 4.92. The normalized spacial score (nSPS) is 13.5. The van der Waals surface area contributed by atoms with E-state index in [0.717, 1.165) is 27.9 Å². The van der Waals surface area contributed by atoms with E-state index in [4.69, 9.17) is 10.7 Å². The van der Waals surface area contributed by atoms with Gasteiger partial charge >= 0.3 is 0 Å². The van der Waals surface area contributed by atoms with Crippen LogP contribution in [0.25, 0.3) is 21.5 Å². The lowest BCUT2D eigenvalue weighted by Gasteiger charge is -2.28. The minimum absolute atomic E-state index is 0.00288. The van der Waals surface area contributed by atoms with Crippen molar-refractivity contribution in [3.8, 4) is 11.3 Å². The number of thiophene rings is 1. The molecule has 1 aliphatic heterocycles. The van der Waals surface area contributed by atoms with Gasteiger partial charge in [-0.05, 0) is 36.6 Å². The van der Waals surface area contributed by atoms with Crippen LogP contribution in [0.3, 0.4) is 0 Å². The van der Waals surface area contributed by atoms with Crippen molar-refractivity contribution in [2.45, 2.75) is 19.9 Å². The van der Waals surface area contributed by atoms with Crippen LogP contribution in [0.2, 0.25) is 0 Å². The summed E-state index contributed by atoms with van der Waals surface area (Å²) >= 11 is 1.39. The number of pyridine rings is 1. The highest BCUT2D eigenvalue weighted by Gasteiger charge is 2.26. The number of carbonyl (C=O) groups is 1. The van der Waals surface area contributed by atoms with Crippen molar-refractivity contribution in [2.24, 2.45) is 0 Å². The first-order chi connectivity index (χ1) is 14.1. The third-order valence-electron chi connectivity index (χ3n) is 5.55. The number of rotatable bonds is 2. The van der Waals surface area contributed by atoms with Gasteiger partial charge in [0.15, 0.2) is 0 Å². The van der Waals surface area contributed by atoms with E-state index < -0.39 is 0 Å². The molecule has 2 aromatic carbocycles. The highest BCUT2D eigenvalue weighted by atomic mass is 32.1. The van der Waals surface area contributed by atoms with Crippen LogP contribution in [-0.4, -0.2) is 22.3 Å². The van der Waals surface area contributed by atoms with Gasteiger partial charge < -0.3 is 10.6 Å². The molecule has 2 aromatic heterocycles. The highest BCUT2D eigenvalue weighted by Crippen LogP contribution is 2.35. The fourth-order valence-electron chi connectivity index (χ4n) is 3.85. The Labute approximate surface area is 173 Å². The van der Waals surface area contributed by atoms with E-state index in [1.807, 2.05) is 23.1 Å². The van der Waals surface area contributed by atoms with Crippen LogP contribution in [0, 0.1) is 6.92 Å². The van der Waals surface area contributed by atoms with Crippen LogP contribution in [0.1, 0.15) is 26.4 Å². The predicted octanol–water partition coefficient (Wildman–Crippen LogP) is 5.05. The average molecular weight is 400 g/mol. The first-order valence-electron chi connectivity index (χ1n) is 9.72. The number of nitrogens with two attached hydrogens (primary N) is 1. The largest absolute Gasteiger partial charge is 0.397 e. The molecule has 0 saturated carbocycles. The molecule has 29 heavy (non-hydrogen) atoms. The number of aryl methyl sites for hydroxylation is 1. The summed E-state index contributed by atoms with van der Waals surface area (Å²) in [6, 6.07) is 20.6. The summed E-state index contributed by atoms with van der Waals surface area (Å²) in [4.78, 5) is 21.3. The fraction of sp³-hybridized carbons (Fsp3) is 0.167. The van der Waals surface area contributed by atoms with Crippen molar-refractivity contribution < 1.29 is 4.79 Å². The minimum atomic E-state index is -0.00288. The lowest BCUT2D eigenvalue weighted by atomic mass is 10.00. The van der Waals surface area contributed by atoms with Crippen molar-refractivity contribution in [2.75, 3.05) is 12.3 Å². The van der Waals surface area contributed by atoms with E-state index in [9.17, 15) is 4.79 Å². The molecule has 0 fully saturated rings. The maximum absolute atomic E-state index is 13.2. The molecule has 0 unspecified atom stereocenters. The number of anilines is 1. The van der Waals surface area contributed by atoms with E-state index in [0.29, 0.717) is 23.7 Å². The first kappa shape index (κ1) is 17.9. The zero-order valence-corrected chi connectivity index (χ0v) is 17.0. The van der Waals surface area contributed by atoms with Gasteiger partial charge in [-0.2, -0.15) is 0 Å². The van der Waals surface area contributed by atoms with Crippen LogP contribution >= 0.6 is 11.3 Å². The molecular weight excluding hydrogens is 378 g/mol. The van der Waals surface area contributed by atoms with E-state index in [2.05, 4.69) is 49.4 Å². The molecule has 0 saturated heterocycles. The molecule has 3 heterocycles. The number of benzene rings is 2. The summed E-state index contributed by atoms with van der Waals surface area (Å²) in [5.41, 5.74) is 12.6. The number of amides is 1. The van der Waals surface area contributed by atoms with Crippen molar-refractivity contribution in [1.29, 1.82) is 0 Å². The van der Waals surface area contributed by atoms with E-state index in [1.165, 1.54) is 28.0 Å². The minimum Gasteiger partial charge on any atom is -0.397 e. The Kier molecular flexibility index (Phi) is 4.32. The zero-order chi connectivity index (χ0) is 20.0. The quantitative estimate of drug-likeness (QED) is 0.513. The predicted molar refractivity (Wildman–Crippen MR) is 119 cm³/mol. The number of nitrogen functional groups attached to an aromatic ring is 1. The number of nitrogens with zero attached hydrogens (tertiary/aromatic N) is 2. The third kappa shape index (κ3) is 3.17. The number of aromatic nitrogens is 1. The van der Waals surface area contributed by atoms with Gasteiger partial charge in [-0.1, -0.05) is 54.1 Å². The highest BCUT2D eigenvalue weighted by molar-refractivity contribution is 7.21. The van der Waals surface area contributed by atoms with Gasteiger partial charge in [0.05, 0.1) is 11.4 Å². The van der Waals surface area contributed by atoms with Gasteiger partial charge in [-0.3, -0.25) is 4.79 Å². The lowest BCUT2D eigenvalue weighted by Crippen LogP contribution is -2.35. The van der Waals surface area contributed by atoms with Gasteiger partial charge in [0.2, 0.25) is 0 Å². The van der Waals surface area contributed by atoms with Crippen LogP contribution < -0.4 is 5.73 Å². The maximum Gasteiger partial charge on any atom is 0.266 e. The molecule has 4 aromatic rings. The molecular formula is C24H21N3OS. The zero-order valence-electron chi connectivity index (χ0n) is 16.2. The maximum atomic E-state index is 13.2. The Morgan fingerprint density at radius 1 is 1.03 bits per heavy atom. The lowest BCUT2D eigenvalue weighted by molar-refractivity contribution is 0.0740. The van der Waals surface area contributed by atoms with Gasteiger partial charge in [0, 0.05) is 24.0 Å². The Morgan fingerprint density at radius 3 is 2.59 bits per heavy atom. The van der Waals surface area contributed by atoms with Gasteiger partial charge in [-0.25, -0.2) is 4.98 Å². The molecule has 5 rings (SSSR count). The summed E-state index contributed by atoms with van der Waals surface area (Å²) in [7, 11) is 0. The third-order valence-corrected chi connectivity index (χ3v) is 6.66. The second-order valence-corrected chi connectivity index (χ2v) is 8.50. The van der Waals surface area contributed by atoms with Crippen LogP contribution in [-0.2, 0) is 13.0 Å². The average Bonchev–Trinajstić information content (AvgIpc) is 3.09. The molecule has 5 heteroatoms. The smallest absolute Gasteiger partial charge is 0.266 e. The standard InChI is InChI=1S/C24H21N3OS/c1-15-6-8-17(9-7-15)20-11-10-19-21(25)22(29-23(19)26-20)24(28)27-13-12-16-4-2-3-5-18(16)14-27/h2-11H,12-14,25H2,1H3. The monoisotopic (exact) mass is 399 g/mol. The van der Waals surface area contributed by atoms with Gasteiger partial charge in [-0.15, -0.1) is 11.3 Å². The summed E-state index contributed by atoms with van der Waals surface area (Å²) in [6.07, 6.45) is 0.878. The van der Waals surface area contributed by atoms with E-state index in [-0.39, 0.29) is 5.91 Å². The van der Waals surface area contributed by atoms with E-state index in [1.54, 1.807) is 0 Å². The molecule has 0 spiro atoms. The van der Waals surface area contributed by atoms with E-state index >= 15 is 0 Å². The topological polar surface area (TPSA) is 59.2 Å². The Bertz CT molecular complexity index is 1230. The number of hydrogen-bond donors (Lipinski definition) is 1. The second kappa shape index (κ2) is 7.01. The molecule has 0 radical (unpaired) electrons. The van der Waals surface area contributed by atoms with Gasteiger partial charge in [0.25, 0.3) is 5.91 Å². The number of hydrogen-bond acceptors (Lipinski definition) is 4. The Morgan fingerprint density at radius 2 is 1.79 bits per heavy atom. The second-order valence-electron chi connectivity index (χ2n) is 7.51. The SMILES string of the molecule is Cc1ccc(-c2ccc3c(N)c(C(=O)N4CCc5ccccc5C4)sc3n2)cc1. The molecule has 2 N–H and O–H groups in total. The number of fused-ring (bicyclic) bond motifs is 2. The molecule has 0 atom stereocenters. The summed E-state index contributed by atoms with van der Waals surface area (Å²) < 4.78 is 0. The molecule has 4 nitrogen and oxygen atoms in total. The molecule has 1 amide bonds. The Hall–Kier alpha value is -3.18. The molecule has 0 bridgehead atoms. The van der Waals surface area contributed by atoms with Crippen LogP contribution in [0.4, 0.5) is 5.69 Å². The van der Waals surface area contributed by atoms with Crippen LogP contribution in [0.15, 0.2) is 60.7 Å². The van der Waals surface area contributed by atoms with Crippen molar-refractivity contribution in [1.82, 2.24) is 9.88 Å². The molecule has 144 valence electrons. The summed E-state index contributed by atoms with van der Waals surface area (Å²) in [5.74, 6) is -0.00288. The molecule has 1 aliphatic rings. The van der Waals surface area contributed by atoms with Crippen molar-refractivity contribution >= 4 is 33.1 Å². The first-order valence-corrected chi connectivity index (χ1v) is 10.5. The summed E-state index contributed by atoms with van der Waals surface area (Å²) in [5, 5.41) is 0.853. The van der Waals surface area contributed by atoms with Crippen LogP contribution in [0.5, 0.6) is 0 Å². The molecule has 0 aliphatic carbocycles.